The zero-order chi connectivity index (χ0) is 14.9. The Morgan fingerprint density at radius 3 is 2.40 bits per heavy atom. The number of alkyl halides is 3. The predicted molar refractivity (Wildman–Crippen MR) is 70.1 cm³/mol. The van der Waals surface area contributed by atoms with E-state index in [9.17, 15) is 18.0 Å². The lowest BCUT2D eigenvalue weighted by Gasteiger charge is -2.13. The van der Waals surface area contributed by atoms with Crippen molar-refractivity contribution in [2.45, 2.75) is 6.18 Å². The van der Waals surface area contributed by atoms with Crippen molar-refractivity contribution in [3.8, 4) is 11.3 Å². The van der Waals surface area contributed by atoms with E-state index in [0.717, 1.165) is 12.3 Å². The first-order valence-electron chi connectivity index (χ1n) is 5.31. The van der Waals surface area contributed by atoms with Gasteiger partial charge in [0.25, 0.3) is 0 Å². The molecule has 2 nitrogen and oxygen atoms in total. The van der Waals surface area contributed by atoms with Crippen molar-refractivity contribution in [2.75, 3.05) is 0 Å². The fraction of sp³-hybridized carbons (Fsp3) is 0.0769. The number of rotatable bonds is 2. The summed E-state index contributed by atoms with van der Waals surface area (Å²) in [5.74, 6) is 0. The summed E-state index contributed by atoms with van der Waals surface area (Å²) in [6, 6.07) is 4.99. The van der Waals surface area contributed by atoms with Crippen molar-refractivity contribution in [3.05, 3.63) is 51.6 Å². The number of benzene rings is 1. The minimum absolute atomic E-state index is 0.118. The minimum Gasteiger partial charge on any atom is -0.298 e. The summed E-state index contributed by atoms with van der Waals surface area (Å²) in [6.45, 7) is 0. The lowest BCUT2D eigenvalue weighted by atomic mass is 10.0. The van der Waals surface area contributed by atoms with Gasteiger partial charge in [-0.25, -0.2) is 0 Å². The Labute approximate surface area is 122 Å². The van der Waals surface area contributed by atoms with Gasteiger partial charge in [-0.1, -0.05) is 23.2 Å². The zero-order valence-corrected chi connectivity index (χ0v) is 11.2. The van der Waals surface area contributed by atoms with Crippen molar-refractivity contribution in [2.24, 2.45) is 0 Å². The van der Waals surface area contributed by atoms with E-state index in [-0.39, 0.29) is 22.6 Å². The Morgan fingerprint density at radius 2 is 1.85 bits per heavy atom. The van der Waals surface area contributed by atoms with Crippen LogP contribution in [0, 0.1) is 0 Å². The van der Waals surface area contributed by atoms with Crippen molar-refractivity contribution in [1.82, 2.24) is 4.98 Å². The highest BCUT2D eigenvalue weighted by Gasteiger charge is 2.35. The molecule has 0 aliphatic rings. The van der Waals surface area contributed by atoms with E-state index >= 15 is 0 Å². The average Bonchev–Trinajstić information content (AvgIpc) is 2.37. The van der Waals surface area contributed by atoms with Crippen LogP contribution in [0.25, 0.3) is 11.3 Å². The maximum absolute atomic E-state index is 12.9. The Kier molecular flexibility index (Phi) is 4.01. The van der Waals surface area contributed by atoms with Gasteiger partial charge < -0.3 is 0 Å². The molecule has 0 radical (unpaired) electrons. The van der Waals surface area contributed by atoms with E-state index < -0.39 is 17.3 Å². The summed E-state index contributed by atoms with van der Waals surface area (Å²) in [5, 5.41) is 0.450. The molecule has 0 unspecified atom stereocenters. The maximum atomic E-state index is 12.9. The molecule has 0 spiro atoms. The summed E-state index contributed by atoms with van der Waals surface area (Å²) in [4.78, 5) is 14.9. The summed E-state index contributed by atoms with van der Waals surface area (Å²) in [6.07, 6.45) is -3.54. The molecule has 0 fully saturated rings. The second-order valence-corrected chi connectivity index (χ2v) is 4.70. The van der Waals surface area contributed by atoms with Gasteiger partial charge in [0.05, 0.1) is 21.8 Å². The third-order valence-electron chi connectivity index (χ3n) is 2.60. The number of nitrogens with zero attached hydrogens (tertiary/aromatic N) is 1. The van der Waals surface area contributed by atoms with E-state index in [4.69, 9.17) is 23.2 Å². The Morgan fingerprint density at radius 1 is 1.15 bits per heavy atom. The van der Waals surface area contributed by atoms with Crippen LogP contribution in [-0.4, -0.2) is 11.3 Å². The fourth-order valence-electron chi connectivity index (χ4n) is 1.74. The molecule has 2 aromatic rings. The monoisotopic (exact) mass is 319 g/mol. The SMILES string of the molecule is O=Cc1c(C(F)(F)F)ccnc1-c1ccc(Cl)cc1Cl. The van der Waals surface area contributed by atoms with Crippen molar-refractivity contribution in [1.29, 1.82) is 0 Å². The van der Waals surface area contributed by atoms with Gasteiger partial charge in [-0.2, -0.15) is 13.2 Å². The molecular weight excluding hydrogens is 314 g/mol. The zero-order valence-electron chi connectivity index (χ0n) is 9.71. The molecular formula is C13H6Cl2F3NO. The van der Waals surface area contributed by atoms with Crippen LogP contribution in [0.4, 0.5) is 13.2 Å². The highest BCUT2D eigenvalue weighted by Crippen LogP contribution is 2.37. The average molecular weight is 320 g/mol. The maximum Gasteiger partial charge on any atom is 0.417 e. The standard InChI is InChI=1S/C13H6Cl2F3NO/c14-7-1-2-8(11(15)5-7)12-9(6-20)10(3-4-19-12)13(16,17)18/h1-6H. The van der Waals surface area contributed by atoms with Crippen molar-refractivity contribution < 1.29 is 18.0 Å². The van der Waals surface area contributed by atoms with Crippen LogP contribution >= 0.6 is 23.2 Å². The summed E-state index contributed by atoms with van der Waals surface area (Å²) in [7, 11) is 0. The molecule has 1 heterocycles. The Bertz CT molecular complexity index is 671. The molecule has 7 heteroatoms. The molecule has 0 N–H and O–H groups in total. The number of hydrogen-bond acceptors (Lipinski definition) is 2. The van der Waals surface area contributed by atoms with E-state index in [0.29, 0.717) is 5.02 Å². The smallest absolute Gasteiger partial charge is 0.298 e. The van der Waals surface area contributed by atoms with Gasteiger partial charge in [-0.3, -0.25) is 9.78 Å². The summed E-state index contributed by atoms with van der Waals surface area (Å²) < 4.78 is 38.6. The molecule has 20 heavy (non-hydrogen) atoms. The highest BCUT2D eigenvalue weighted by molar-refractivity contribution is 6.36. The number of carbonyl (C=O) groups excluding carboxylic acids is 1. The summed E-state index contributed by atoms with van der Waals surface area (Å²) >= 11 is 11.7. The second kappa shape index (κ2) is 5.42. The molecule has 2 rings (SSSR count). The van der Waals surface area contributed by atoms with Crippen molar-refractivity contribution >= 4 is 29.5 Å². The molecule has 104 valence electrons. The van der Waals surface area contributed by atoms with Crippen LogP contribution in [0.1, 0.15) is 15.9 Å². The van der Waals surface area contributed by atoms with Crippen LogP contribution < -0.4 is 0 Å². The molecule has 0 amide bonds. The number of aromatic nitrogens is 1. The van der Waals surface area contributed by atoms with Gasteiger partial charge in [0.2, 0.25) is 0 Å². The molecule has 0 aliphatic heterocycles. The van der Waals surface area contributed by atoms with Crippen LogP contribution in [0.15, 0.2) is 30.5 Å². The molecule has 0 aliphatic carbocycles. The van der Waals surface area contributed by atoms with Crippen molar-refractivity contribution in [3.63, 3.8) is 0 Å². The summed E-state index contributed by atoms with van der Waals surface area (Å²) in [5.41, 5.74) is -1.52. The van der Waals surface area contributed by atoms with E-state index in [1.54, 1.807) is 0 Å². The first-order valence-corrected chi connectivity index (χ1v) is 6.07. The van der Waals surface area contributed by atoms with E-state index in [2.05, 4.69) is 4.98 Å². The Hall–Kier alpha value is -1.59. The number of carbonyl (C=O) groups is 1. The molecule has 0 saturated heterocycles. The first-order chi connectivity index (χ1) is 9.34. The van der Waals surface area contributed by atoms with Crippen LogP contribution in [0.2, 0.25) is 10.0 Å². The molecule has 0 bridgehead atoms. The largest absolute Gasteiger partial charge is 0.417 e. The van der Waals surface area contributed by atoms with E-state index in [1.165, 1.54) is 18.2 Å². The van der Waals surface area contributed by atoms with Gasteiger partial charge in [0.1, 0.15) is 0 Å². The molecule has 0 saturated carbocycles. The third kappa shape index (κ3) is 2.78. The van der Waals surface area contributed by atoms with Gasteiger partial charge in [0, 0.05) is 16.8 Å². The predicted octanol–water partition coefficient (Wildman–Crippen LogP) is 4.89. The second-order valence-electron chi connectivity index (χ2n) is 3.86. The third-order valence-corrected chi connectivity index (χ3v) is 3.15. The first kappa shape index (κ1) is 14.8. The Balaban J connectivity index is 2.72. The number of aldehydes is 1. The normalized spacial score (nSPS) is 11.4. The van der Waals surface area contributed by atoms with Crippen LogP contribution in [0.3, 0.4) is 0 Å². The van der Waals surface area contributed by atoms with E-state index in [1.807, 2.05) is 0 Å². The molecule has 0 atom stereocenters. The molecule has 1 aromatic heterocycles. The van der Waals surface area contributed by atoms with Gasteiger partial charge in [-0.05, 0) is 24.3 Å². The molecule has 1 aromatic carbocycles. The van der Waals surface area contributed by atoms with Crippen LogP contribution in [-0.2, 0) is 6.18 Å². The van der Waals surface area contributed by atoms with Gasteiger partial charge in [-0.15, -0.1) is 0 Å². The number of hydrogen-bond donors (Lipinski definition) is 0. The minimum atomic E-state index is -4.65. The van der Waals surface area contributed by atoms with Gasteiger partial charge >= 0.3 is 6.18 Å². The fourth-order valence-corrected chi connectivity index (χ4v) is 2.23. The topological polar surface area (TPSA) is 30.0 Å². The lowest BCUT2D eigenvalue weighted by molar-refractivity contribution is -0.137. The van der Waals surface area contributed by atoms with Crippen LogP contribution in [0.5, 0.6) is 0 Å². The lowest BCUT2D eigenvalue weighted by Crippen LogP contribution is -2.10. The number of pyridine rings is 1. The highest BCUT2D eigenvalue weighted by atomic mass is 35.5. The quantitative estimate of drug-likeness (QED) is 0.738. The number of halogens is 5. The van der Waals surface area contributed by atoms with Gasteiger partial charge in [0.15, 0.2) is 6.29 Å².